The van der Waals surface area contributed by atoms with E-state index in [2.05, 4.69) is 15.8 Å². The Labute approximate surface area is 81.0 Å². The van der Waals surface area contributed by atoms with E-state index in [-0.39, 0.29) is 5.96 Å². The molecule has 0 aromatic heterocycles. The molecular formula is C8H11N5O. The number of hydrogen-bond acceptors (Lipinski definition) is 6. The van der Waals surface area contributed by atoms with Gasteiger partial charge < -0.3 is 15.9 Å². The van der Waals surface area contributed by atoms with Crippen molar-refractivity contribution in [3.63, 3.8) is 0 Å². The van der Waals surface area contributed by atoms with E-state index in [4.69, 9.17) is 16.3 Å². The molecule has 1 unspecified atom stereocenters. The number of hydrogen-bond donors (Lipinski definition) is 4. The van der Waals surface area contributed by atoms with Gasteiger partial charge in [0.2, 0.25) is 0 Å². The van der Waals surface area contributed by atoms with Crippen LogP contribution in [0.1, 0.15) is 0 Å². The summed E-state index contributed by atoms with van der Waals surface area (Å²) >= 11 is 0. The Balaban J connectivity index is 2.31. The van der Waals surface area contributed by atoms with Crippen LogP contribution < -0.4 is 22.3 Å². The van der Waals surface area contributed by atoms with E-state index in [1.165, 1.54) is 0 Å². The van der Waals surface area contributed by atoms with E-state index in [9.17, 15) is 0 Å². The van der Waals surface area contributed by atoms with E-state index in [1.807, 2.05) is 0 Å². The Bertz CT molecular complexity index is 357. The quantitative estimate of drug-likeness (QED) is 0.428. The lowest BCUT2D eigenvalue weighted by Crippen LogP contribution is -2.47. The summed E-state index contributed by atoms with van der Waals surface area (Å²) in [6, 6.07) is 0. The van der Waals surface area contributed by atoms with Crippen LogP contribution in [0.3, 0.4) is 0 Å². The zero-order valence-electron chi connectivity index (χ0n) is 7.40. The second-order valence-electron chi connectivity index (χ2n) is 2.91. The highest BCUT2D eigenvalue weighted by Gasteiger charge is 2.31. The normalized spacial score (nSPS) is 29.5. The summed E-state index contributed by atoms with van der Waals surface area (Å²) in [6.07, 6.45) is 8.43. The molecule has 0 aromatic rings. The molecule has 0 aliphatic carbocycles. The number of aliphatic imine (C=N–C) groups is 1. The molecule has 2 aliphatic heterocycles. The molecule has 6 N–H and O–H groups in total. The fourth-order valence-corrected chi connectivity index (χ4v) is 1.18. The Kier molecular flexibility index (Phi) is 1.90. The van der Waals surface area contributed by atoms with Crippen molar-refractivity contribution in [2.75, 3.05) is 0 Å². The summed E-state index contributed by atoms with van der Waals surface area (Å²) in [7, 11) is 0. The van der Waals surface area contributed by atoms with Crippen molar-refractivity contribution in [2.45, 2.75) is 5.66 Å². The zero-order valence-corrected chi connectivity index (χ0v) is 7.40. The third-order valence-electron chi connectivity index (χ3n) is 1.85. The molecule has 0 bridgehead atoms. The molecule has 1 atom stereocenters. The minimum Gasteiger partial charge on any atom is -0.383 e. The lowest BCUT2D eigenvalue weighted by Gasteiger charge is -2.27. The SMILES string of the molecule is NC1=NC(N)(C2=CC=CNO2)C=CN1. The molecule has 6 nitrogen and oxygen atoms in total. The van der Waals surface area contributed by atoms with Crippen molar-refractivity contribution in [2.24, 2.45) is 16.5 Å². The molecule has 0 amide bonds. The van der Waals surface area contributed by atoms with E-state index in [1.54, 1.807) is 30.6 Å². The van der Waals surface area contributed by atoms with Gasteiger partial charge in [-0.3, -0.25) is 5.73 Å². The molecule has 2 heterocycles. The first-order valence-corrected chi connectivity index (χ1v) is 4.09. The van der Waals surface area contributed by atoms with Crippen LogP contribution in [-0.2, 0) is 4.84 Å². The molecule has 0 radical (unpaired) electrons. The van der Waals surface area contributed by atoms with Crippen molar-refractivity contribution in [3.05, 3.63) is 36.4 Å². The monoisotopic (exact) mass is 193 g/mol. The number of hydroxylamine groups is 1. The summed E-state index contributed by atoms with van der Waals surface area (Å²) in [4.78, 5) is 9.17. The minimum atomic E-state index is -1.03. The predicted molar refractivity (Wildman–Crippen MR) is 52.3 cm³/mol. The van der Waals surface area contributed by atoms with E-state index in [0.29, 0.717) is 5.76 Å². The molecule has 0 saturated carbocycles. The maximum Gasteiger partial charge on any atom is 0.195 e. The van der Waals surface area contributed by atoms with Gasteiger partial charge in [-0.05, 0) is 18.2 Å². The van der Waals surface area contributed by atoms with E-state index in [0.717, 1.165) is 0 Å². The van der Waals surface area contributed by atoms with Gasteiger partial charge in [0, 0.05) is 12.4 Å². The van der Waals surface area contributed by atoms with Crippen LogP contribution >= 0.6 is 0 Å². The topological polar surface area (TPSA) is 97.7 Å². The molecule has 0 spiro atoms. The number of nitrogens with zero attached hydrogens (tertiary/aromatic N) is 1. The van der Waals surface area contributed by atoms with Crippen LogP contribution in [-0.4, -0.2) is 11.6 Å². The highest BCUT2D eigenvalue weighted by atomic mass is 16.6. The maximum atomic E-state index is 5.96. The van der Waals surface area contributed by atoms with Crippen molar-refractivity contribution in [1.82, 2.24) is 10.8 Å². The fourth-order valence-electron chi connectivity index (χ4n) is 1.18. The highest BCUT2D eigenvalue weighted by molar-refractivity contribution is 5.80. The van der Waals surface area contributed by atoms with Crippen LogP contribution in [0.5, 0.6) is 0 Å². The molecule has 14 heavy (non-hydrogen) atoms. The van der Waals surface area contributed by atoms with Crippen LogP contribution in [0.25, 0.3) is 0 Å². The van der Waals surface area contributed by atoms with E-state index >= 15 is 0 Å². The molecule has 6 heteroatoms. The summed E-state index contributed by atoms with van der Waals surface area (Å²) < 4.78 is 0. The Morgan fingerprint density at radius 1 is 1.43 bits per heavy atom. The van der Waals surface area contributed by atoms with Crippen molar-refractivity contribution in [3.8, 4) is 0 Å². The number of allylic oxidation sites excluding steroid dienone is 2. The maximum absolute atomic E-state index is 5.96. The van der Waals surface area contributed by atoms with Crippen LogP contribution in [0, 0.1) is 0 Å². The minimum absolute atomic E-state index is 0.258. The molecular weight excluding hydrogens is 182 g/mol. The van der Waals surface area contributed by atoms with Crippen molar-refractivity contribution < 1.29 is 4.84 Å². The first kappa shape index (κ1) is 8.64. The van der Waals surface area contributed by atoms with Crippen LogP contribution in [0.4, 0.5) is 0 Å². The van der Waals surface area contributed by atoms with Gasteiger partial charge in [-0.15, -0.1) is 0 Å². The van der Waals surface area contributed by atoms with Gasteiger partial charge in [0.25, 0.3) is 0 Å². The van der Waals surface area contributed by atoms with Gasteiger partial charge in [-0.1, -0.05) is 0 Å². The Morgan fingerprint density at radius 3 is 2.93 bits per heavy atom. The summed E-state index contributed by atoms with van der Waals surface area (Å²) in [6.45, 7) is 0. The second-order valence-corrected chi connectivity index (χ2v) is 2.91. The second kappa shape index (κ2) is 3.08. The van der Waals surface area contributed by atoms with Gasteiger partial charge in [0.1, 0.15) is 0 Å². The molecule has 74 valence electrons. The van der Waals surface area contributed by atoms with Crippen LogP contribution in [0.2, 0.25) is 0 Å². The smallest absolute Gasteiger partial charge is 0.195 e. The average molecular weight is 193 g/mol. The van der Waals surface area contributed by atoms with Gasteiger partial charge in [-0.2, -0.15) is 0 Å². The first-order chi connectivity index (χ1) is 6.71. The Hall–Kier alpha value is -1.95. The molecule has 2 rings (SSSR count). The van der Waals surface area contributed by atoms with Crippen molar-refractivity contribution >= 4 is 5.96 Å². The number of nitrogens with two attached hydrogens (primary N) is 2. The summed E-state index contributed by atoms with van der Waals surface area (Å²) in [5.74, 6) is 0.745. The fraction of sp³-hybridized carbons (Fsp3) is 0.125. The van der Waals surface area contributed by atoms with Crippen molar-refractivity contribution in [1.29, 1.82) is 0 Å². The number of rotatable bonds is 1. The summed E-state index contributed by atoms with van der Waals surface area (Å²) in [5.41, 5.74) is 13.0. The molecule has 0 aromatic carbocycles. The summed E-state index contributed by atoms with van der Waals surface area (Å²) in [5, 5.41) is 2.72. The number of guanidine groups is 1. The molecule has 0 fully saturated rings. The molecule has 0 saturated heterocycles. The lowest BCUT2D eigenvalue weighted by molar-refractivity contribution is 0.111. The largest absolute Gasteiger partial charge is 0.383 e. The van der Waals surface area contributed by atoms with Gasteiger partial charge in [0.15, 0.2) is 17.4 Å². The standard InChI is InChI=1S/C8H11N5O/c9-7-11-5-3-8(10,13-7)6-2-1-4-12-14-6/h1-5,12H,10H2,(H3,9,11,13). The van der Waals surface area contributed by atoms with Gasteiger partial charge in [-0.25, -0.2) is 10.5 Å². The van der Waals surface area contributed by atoms with Gasteiger partial charge in [0.05, 0.1) is 0 Å². The zero-order chi connectivity index (χ0) is 10.0. The van der Waals surface area contributed by atoms with Crippen LogP contribution in [0.15, 0.2) is 41.4 Å². The predicted octanol–water partition coefficient (Wildman–Crippen LogP) is -0.995. The van der Waals surface area contributed by atoms with Gasteiger partial charge >= 0.3 is 0 Å². The highest BCUT2D eigenvalue weighted by Crippen LogP contribution is 2.20. The molecule has 2 aliphatic rings. The average Bonchev–Trinajstić information content (AvgIpc) is 2.19. The first-order valence-electron chi connectivity index (χ1n) is 4.09. The van der Waals surface area contributed by atoms with E-state index < -0.39 is 5.66 Å². The lowest BCUT2D eigenvalue weighted by atomic mass is 10.1. The third-order valence-corrected chi connectivity index (χ3v) is 1.85. The Morgan fingerprint density at radius 2 is 2.29 bits per heavy atom. The number of nitrogens with one attached hydrogen (secondary N) is 2. The third kappa shape index (κ3) is 1.42.